The minimum absolute atomic E-state index is 0.175. The van der Waals surface area contributed by atoms with Crippen molar-refractivity contribution in [2.45, 2.75) is 33.4 Å². The molecule has 0 saturated heterocycles. The van der Waals surface area contributed by atoms with Crippen LogP contribution in [0.25, 0.3) is 0 Å². The fourth-order valence-electron chi connectivity index (χ4n) is 2.86. The number of benzene rings is 2. The SMILES string of the molecule is Cc1cc(C)c(C(CO)NC(=O)OCc2ccccc2)c(C)c1. The van der Waals surface area contributed by atoms with E-state index in [0.717, 1.165) is 27.8 Å². The average Bonchev–Trinajstić information content (AvgIpc) is 2.52. The Morgan fingerprint density at radius 1 is 1.13 bits per heavy atom. The topological polar surface area (TPSA) is 58.6 Å². The van der Waals surface area contributed by atoms with Crippen molar-refractivity contribution in [1.82, 2.24) is 5.32 Å². The van der Waals surface area contributed by atoms with Gasteiger partial charge in [-0.2, -0.15) is 0 Å². The van der Waals surface area contributed by atoms with Gasteiger partial charge in [-0.25, -0.2) is 4.79 Å². The molecule has 0 heterocycles. The number of aliphatic hydroxyl groups excluding tert-OH is 1. The summed E-state index contributed by atoms with van der Waals surface area (Å²) in [6, 6.07) is 13.1. The largest absolute Gasteiger partial charge is 0.445 e. The molecule has 0 spiro atoms. The molecular formula is C19H23NO3. The Hall–Kier alpha value is -2.33. The van der Waals surface area contributed by atoms with Crippen LogP contribution in [0.1, 0.15) is 33.9 Å². The van der Waals surface area contributed by atoms with Gasteiger partial charge in [0.15, 0.2) is 0 Å². The number of carbonyl (C=O) groups is 1. The summed E-state index contributed by atoms with van der Waals surface area (Å²) >= 11 is 0. The highest BCUT2D eigenvalue weighted by Gasteiger charge is 2.18. The molecule has 0 aliphatic carbocycles. The van der Waals surface area contributed by atoms with E-state index in [9.17, 15) is 9.90 Å². The van der Waals surface area contributed by atoms with E-state index < -0.39 is 12.1 Å². The predicted molar refractivity (Wildman–Crippen MR) is 90.2 cm³/mol. The van der Waals surface area contributed by atoms with Gasteiger partial charge in [0.05, 0.1) is 12.6 Å². The molecular weight excluding hydrogens is 290 g/mol. The highest BCUT2D eigenvalue weighted by molar-refractivity contribution is 5.68. The number of rotatable bonds is 5. The summed E-state index contributed by atoms with van der Waals surface area (Å²) in [6.07, 6.45) is -0.535. The molecule has 0 aliphatic rings. The van der Waals surface area contributed by atoms with E-state index in [-0.39, 0.29) is 13.2 Å². The molecule has 0 saturated carbocycles. The summed E-state index contributed by atoms with van der Waals surface area (Å²) in [6.45, 7) is 6.02. The number of carbonyl (C=O) groups excluding carboxylic acids is 1. The summed E-state index contributed by atoms with van der Waals surface area (Å²) in [4.78, 5) is 12.0. The molecule has 4 heteroatoms. The Morgan fingerprint density at radius 2 is 1.74 bits per heavy atom. The quantitative estimate of drug-likeness (QED) is 0.887. The van der Waals surface area contributed by atoms with Gasteiger partial charge in [-0.05, 0) is 43.0 Å². The minimum atomic E-state index is -0.535. The molecule has 122 valence electrons. The monoisotopic (exact) mass is 313 g/mol. The van der Waals surface area contributed by atoms with Gasteiger partial charge >= 0.3 is 6.09 Å². The lowest BCUT2D eigenvalue weighted by Crippen LogP contribution is -2.32. The number of ether oxygens (including phenoxy) is 1. The second kappa shape index (κ2) is 7.79. The Morgan fingerprint density at radius 3 is 2.30 bits per heavy atom. The van der Waals surface area contributed by atoms with Crippen LogP contribution in [0.4, 0.5) is 4.79 Å². The highest BCUT2D eigenvalue weighted by atomic mass is 16.5. The fourth-order valence-corrected chi connectivity index (χ4v) is 2.86. The summed E-state index contributed by atoms with van der Waals surface area (Å²) in [7, 11) is 0. The van der Waals surface area contributed by atoms with Gasteiger partial charge in [-0.15, -0.1) is 0 Å². The fraction of sp³-hybridized carbons (Fsp3) is 0.316. The maximum absolute atomic E-state index is 12.0. The molecule has 0 radical (unpaired) electrons. The van der Waals surface area contributed by atoms with Crippen molar-refractivity contribution in [3.05, 3.63) is 70.3 Å². The number of alkyl carbamates (subject to hydrolysis) is 1. The first kappa shape index (κ1) is 17.0. The van der Waals surface area contributed by atoms with Gasteiger partial charge in [0.25, 0.3) is 0 Å². The van der Waals surface area contributed by atoms with Gasteiger partial charge in [0.2, 0.25) is 0 Å². The van der Waals surface area contributed by atoms with Crippen molar-refractivity contribution >= 4 is 6.09 Å². The Balaban J connectivity index is 2.03. The van der Waals surface area contributed by atoms with Crippen LogP contribution in [0.2, 0.25) is 0 Å². The van der Waals surface area contributed by atoms with E-state index in [4.69, 9.17) is 4.74 Å². The van der Waals surface area contributed by atoms with E-state index in [1.54, 1.807) is 0 Å². The smallest absolute Gasteiger partial charge is 0.408 e. The van der Waals surface area contributed by atoms with E-state index in [2.05, 4.69) is 5.32 Å². The van der Waals surface area contributed by atoms with Crippen molar-refractivity contribution in [3.8, 4) is 0 Å². The molecule has 4 nitrogen and oxygen atoms in total. The Kier molecular flexibility index (Phi) is 5.77. The minimum Gasteiger partial charge on any atom is -0.445 e. The number of hydrogen-bond acceptors (Lipinski definition) is 3. The van der Waals surface area contributed by atoms with Crippen LogP contribution in [0.15, 0.2) is 42.5 Å². The molecule has 2 N–H and O–H groups in total. The lowest BCUT2D eigenvalue weighted by atomic mass is 9.94. The molecule has 0 fully saturated rings. The van der Waals surface area contributed by atoms with E-state index in [1.807, 2.05) is 63.2 Å². The summed E-state index contributed by atoms with van der Waals surface area (Å²) in [5.74, 6) is 0. The molecule has 0 bridgehead atoms. The van der Waals surface area contributed by atoms with Gasteiger partial charge in [0, 0.05) is 0 Å². The summed E-state index contributed by atoms with van der Waals surface area (Å²) in [5.41, 5.74) is 5.11. The molecule has 0 aromatic heterocycles. The molecule has 1 amide bonds. The highest BCUT2D eigenvalue weighted by Crippen LogP contribution is 2.23. The van der Waals surface area contributed by atoms with Crippen molar-refractivity contribution in [2.24, 2.45) is 0 Å². The Labute approximate surface area is 137 Å². The maximum Gasteiger partial charge on any atom is 0.408 e. The summed E-state index contributed by atoms with van der Waals surface area (Å²) in [5, 5.41) is 12.4. The normalized spacial score (nSPS) is 11.8. The van der Waals surface area contributed by atoms with E-state index in [0.29, 0.717) is 0 Å². The van der Waals surface area contributed by atoms with Crippen LogP contribution in [0.5, 0.6) is 0 Å². The van der Waals surface area contributed by atoms with Crippen molar-refractivity contribution in [3.63, 3.8) is 0 Å². The van der Waals surface area contributed by atoms with Crippen molar-refractivity contribution < 1.29 is 14.6 Å². The number of aliphatic hydroxyl groups is 1. The van der Waals surface area contributed by atoms with Crippen LogP contribution in [-0.4, -0.2) is 17.8 Å². The van der Waals surface area contributed by atoms with Crippen molar-refractivity contribution in [2.75, 3.05) is 6.61 Å². The number of nitrogens with one attached hydrogen (secondary N) is 1. The zero-order valence-corrected chi connectivity index (χ0v) is 13.8. The molecule has 0 aliphatic heterocycles. The third kappa shape index (κ3) is 4.57. The van der Waals surface area contributed by atoms with Crippen molar-refractivity contribution in [1.29, 1.82) is 0 Å². The van der Waals surface area contributed by atoms with Crippen LogP contribution in [-0.2, 0) is 11.3 Å². The predicted octanol–water partition coefficient (Wildman–Crippen LogP) is 3.57. The van der Waals surface area contributed by atoms with Gasteiger partial charge < -0.3 is 15.2 Å². The first-order chi connectivity index (χ1) is 11.0. The van der Waals surface area contributed by atoms with Gasteiger partial charge in [-0.1, -0.05) is 48.0 Å². The first-order valence-corrected chi connectivity index (χ1v) is 7.67. The van der Waals surface area contributed by atoms with Crippen LogP contribution >= 0.6 is 0 Å². The standard InChI is InChI=1S/C19H23NO3/c1-13-9-14(2)18(15(3)10-13)17(11-21)20-19(22)23-12-16-7-5-4-6-8-16/h4-10,17,21H,11-12H2,1-3H3,(H,20,22). The van der Waals surface area contributed by atoms with Gasteiger partial charge in [-0.3, -0.25) is 0 Å². The summed E-state index contributed by atoms with van der Waals surface area (Å²) < 4.78 is 5.22. The van der Waals surface area contributed by atoms with Crippen LogP contribution in [0, 0.1) is 20.8 Å². The lowest BCUT2D eigenvalue weighted by molar-refractivity contribution is 0.129. The van der Waals surface area contributed by atoms with Crippen LogP contribution in [0.3, 0.4) is 0 Å². The third-order valence-electron chi connectivity index (χ3n) is 3.77. The molecule has 1 atom stereocenters. The maximum atomic E-state index is 12.0. The van der Waals surface area contributed by atoms with Gasteiger partial charge in [0.1, 0.15) is 6.61 Å². The molecule has 2 rings (SSSR count). The zero-order valence-electron chi connectivity index (χ0n) is 13.8. The number of aryl methyl sites for hydroxylation is 3. The van der Waals surface area contributed by atoms with Crippen LogP contribution < -0.4 is 5.32 Å². The average molecular weight is 313 g/mol. The molecule has 23 heavy (non-hydrogen) atoms. The molecule has 2 aromatic rings. The second-order valence-corrected chi connectivity index (χ2v) is 5.75. The number of hydrogen-bond donors (Lipinski definition) is 2. The van der Waals surface area contributed by atoms with E-state index in [1.165, 1.54) is 0 Å². The zero-order chi connectivity index (χ0) is 16.8. The second-order valence-electron chi connectivity index (χ2n) is 5.75. The Bertz CT molecular complexity index is 645. The molecule has 1 unspecified atom stereocenters. The van der Waals surface area contributed by atoms with E-state index >= 15 is 0 Å². The lowest BCUT2D eigenvalue weighted by Gasteiger charge is -2.21. The first-order valence-electron chi connectivity index (χ1n) is 7.67. The third-order valence-corrected chi connectivity index (χ3v) is 3.77. The molecule has 2 aromatic carbocycles. The number of amides is 1.